The fraction of sp³-hybridized carbons (Fsp3) is 0.483. The molecular weight excluding hydrogens is 482 g/mol. The molecule has 1 saturated heterocycles. The molecule has 0 aliphatic carbocycles. The molecule has 4 rings (SSSR count). The second-order valence-electron chi connectivity index (χ2n) is 9.55. The van der Waals surface area contributed by atoms with Crippen LogP contribution in [0, 0.1) is 13.8 Å². The molecule has 2 heterocycles. The number of aromatic nitrogens is 1. The van der Waals surface area contributed by atoms with Crippen LogP contribution < -0.4 is 15.5 Å². The first-order valence-electron chi connectivity index (χ1n) is 13.1. The van der Waals surface area contributed by atoms with Gasteiger partial charge in [0.2, 0.25) is 0 Å². The maximum Gasteiger partial charge on any atom is 0.142 e. The van der Waals surface area contributed by atoms with Crippen molar-refractivity contribution >= 4 is 40.5 Å². The normalized spacial score (nSPS) is 14.4. The van der Waals surface area contributed by atoms with Crippen molar-refractivity contribution in [2.75, 3.05) is 70.8 Å². The van der Waals surface area contributed by atoms with Crippen LogP contribution in [0.2, 0.25) is 0 Å². The Morgan fingerprint density at radius 3 is 2.59 bits per heavy atom. The lowest BCUT2D eigenvalue weighted by Gasteiger charge is -2.30. The monoisotopic (exact) mass is 525 g/mol. The number of piperazine rings is 1. The molecule has 2 aromatic carbocycles. The summed E-state index contributed by atoms with van der Waals surface area (Å²) in [7, 11) is 5.80. The number of carbonyl (C=O) groups is 1. The number of hydrogen-bond donors (Lipinski definition) is 2. The van der Waals surface area contributed by atoms with E-state index >= 15 is 0 Å². The quantitative estimate of drug-likeness (QED) is 0.216. The highest BCUT2D eigenvalue weighted by atomic mass is 32.2. The van der Waals surface area contributed by atoms with Crippen LogP contribution in [-0.2, 0) is 9.53 Å². The Labute approximate surface area is 226 Å². The van der Waals surface area contributed by atoms with Crippen LogP contribution >= 0.6 is 11.9 Å². The number of aryl methyl sites for hydroxylation is 2. The molecule has 2 N–H and O–H groups in total. The van der Waals surface area contributed by atoms with Crippen molar-refractivity contribution in [2.24, 2.45) is 0 Å². The smallest absolute Gasteiger partial charge is 0.142 e. The lowest BCUT2D eigenvalue weighted by Crippen LogP contribution is -2.43. The lowest BCUT2D eigenvalue weighted by molar-refractivity contribution is -0.110. The van der Waals surface area contributed by atoms with E-state index in [1.807, 2.05) is 18.5 Å². The largest absolute Gasteiger partial charge is 0.388 e. The summed E-state index contributed by atoms with van der Waals surface area (Å²) < 4.78 is 9.34. The molecule has 202 valence electrons. The number of aldehydes is 1. The van der Waals surface area contributed by atoms with Gasteiger partial charge in [0.05, 0.1) is 6.04 Å². The number of methoxy groups -OCH3 is 1. The van der Waals surface area contributed by atoms with Crippen LogP contribution in [0.25, 0.3) is 10.9 Å². The maximum absolute atomic E-state index is 11.1. The van der Waals surface area contributed by atoms with Crippen LogP contribution in [0.1, 0.15) is 30.5 Å². The molecule has 0 radical (unpaired) electrons. The molecule has 3 aromatic rings. The predicted molar refractivity (Wildman–Crippen MR) is 158 cm³/mol. The second-order valence-corrected chi connectivity index (χ2v) is 10.8. The Morgan fingerprint density at radius 1 is 1.16 bits per heavy atom. The zero-order chi connectivity index (χ0) is 26.8. The van der Waals surface area contributed by atoms with Crippen LogP contribution in [-0.4, -0.2) is 75.7 Å². The SMILES string of the molecule is CNc1cc(N2CCNCC2)ccc1C.COCCCN(C)Sc1ccc2c(c1)c(C)cn2C(C)C=O. The first-order valence-corrected chi connectivity index (χ1v) is 13.8. The third kappa shape index (κ3) is 7.98. The van der Waals surface area contributed by atoms with Crippen LogP contribution in [0.15, 0.2) is 47.5 Å². The second kappa shape index (κ2) is 14.4. The Hall–Kier alpha value is -2.52. The first-order chi connectivity index (χ1) is 17.9. The minimum atomic E-state index is -0.133. The fourth-order valence-corrected chi connectivity index (χ4v) is 5.40. The molecular formula is C29H43N5O2S. The minimum Gasteiger partial charge on any atom is -0.388 e. The molecule has 1 fully saturated rings. The third-order valence-electron chi connectivity index (χ3n) is 6.69. The van der Waals surface area contributed by atoms with Crippen molar-refractivity contribution in [3.05, 3.63) is 53.7 Å². The van der Waals surface area contributed by atoms with E-state index in [0.717, 1.165) is 57.6 Å². The van der Waals surface area contributed by atoms with E-state index in [-0.39, 0.29) is 6.04 Å². The van der Waals surface area contributed by atoms with E-state index < -0.39 is 0 Å². The third-order valence-corrected chi connectivity index (χ3v) is 7.65. The summed E-state index contributed by atoms with van der Waals surface area (Å²) in [6, 6.07) is 12.9. The van der Waals surface area contributed by atoms with Gasteiger partial charge in [-0.1, -0.05) is 6.07 Å². The van der Waals surface area contributed by atoms with Crippen molar-refractivity contribution in [1.29, 1.82) is 0 Å². The van der Waals surface area contributed by atoms with Gasteiger partial charge in [0.15, 0.2) is 0 Å². The number of ether oxygens (including phenoxy) is 1. The standard InChI is InChI=1S/C17H24N2O2S.C12H19N3/c1-13-11-19(14(2)12-20)17-7-6-15(10-16(13)17)22-18(3)8-5-9-21-4;1-10-3-4-11(9-12(10)13-2)15-7-5-14-6-8-15/h6-7,10-12,14H,5,8-9H2,1-4H3;3-4,9,13-14H,5-8H2,1-2H3. The molecule has 0 saturated carbocycles. The number of anilines is 2. The number of fused-ring (bicyclic) bond motifs is 1. The van der Waals surface area contributed by atoms with Gasteiger partial charge in [0.25, 0.3) is 0 Å². The summed E-state index contributed by atoms with van der Waals surface area (Å²) in [6.07, 6.45) is 4.06. The van der Waals surface area contributed by atoms with Gasteiger partial charge in [-0.15, -0.1) is 0 Å². The summed E-state index contributed by atoms with van der Waals surface area (Å²) in [6.45, 7) is 12.3. The molecule has 0 amide bonds. The maximum atomic E-state index is 11.1. The number of rotatable bonds is 10. The van der Waals surface area contributed by atoms with Gasteiger partial charge in [-0.05, 0) is 87.6 Å². The average Bonchev–Trinajstić information content (AvgIpc) is 3.25. The van der Waals surface area contributed by atoms with Gasteiger partial charge in [-0.2, -0.15) is 0 Å². The van der Waals surface area contributed by atoms with Gasteiger partial charge in [-0.3, -0.25) is 0 Å². The highest BCUT2D eigenvalue weighted by molar-refractivity contribution is 7.97. The molecule has 1 unspecified atom stereocenters. The van der Waals surface area contributed by atoms with Crippen molar-refractivity contribution in [2.45, 2.75) is 38.1 Å². The molecule has 1 atom stereocenters. The number of hydrogen-bond acceptors (Lipinski definition) is 7. The van der Waals surface area contributed by atoms with Gasteiger partial charge in [0, 0.05) is 86.9 Å². The molecule has 1 aliphatic heterocycles. The zero-order valence-electron chi connectivity index (χ0n) is 23.2. The molecule has 7 nitrogen and oxygen atoms in total. The molecule has 0 bridgehead atoms. The van der Waals surface area contributed by atoms with Gasteiger partial charge in [-0.25, -0.2) is 4.31 Å². The molecule has 1 aliphatic rings. The summed E-state index contributed by atoms with van der Waals surface area (Å²) in [5, 5.41) is 7.81. The Bertz CT molecular complexity index is 1140. The number of carbonyl (C=O) groups excluding carboxylic acids is 1. The topological polar surface area (TPSA) is 61.8 Å². The Balaban J connectivity index is 0.000000220. The minimum absolute atomic E-state index is 0.133. The number of benzene rings is 2. The van der Waals surface area contributed by atoms with E-state index in [1.165, 1.54) is 32.8 Å². The fourth-order valence-electron chi connectivity index (χ4n) is 4.52. The molecule has 0 spiro atoms. The Morgan fingerprint density at radius 2 is 1.92 bits per heavy atom. The highest BCUT2D eigenvalue weighted by Gasteiger charge is 2.12. The van der Waals surface area contributed by atoms with Crippen LogP contribution in [0.5, 0.6) is 0 Å². The summed E-state index contributed by atoms with van der Waals surface area (Å²) in [5.74, 6) is 0. The van der Waals surface area contributed by atoms with Crippen molar-refractivity contribution in [3.63, 3.8) is 0 Å². The predicted octanol–water partition coefficient (Wildman–Crippen LogP) is 5.13. The van der Waals surface area contributed by atoms with Gasteiger partial charge < -0.3 is 29.6 Å². The van der Waals surface area contributed by atoms with Crippen molar-refractivity contribution in [3.8, 4) is 0 Å². The van der Waals surface area contributed by atoms with Crippen molar-refractivity contribution in [1.82, 2.24) is 14.2 Å². The summed E-state index contributed by atoms with van der Waals surface area (Å²) in [5.41, 5.74) is 6.17. The van der Waals surface area contributed by atoms with E-state index in [1.54, 1.807) is 19.1 Å². The number of nitrogens with one attached hydrogen (secondary N) is 2. The zero-order valence-corrected chi connectivity index (χ0v) is 24.0. The number of nitrogens with zero attached hydrogens (tertiary/aromatic N) is 3. The van der Waals surface area contributed by atoms with Gasteiger partial charge >= 0.3 is 0 Å². The summed E-state index contributed by atoms with van der Waals surface area (Å²) in [4.78, 5) is 14.7. The van der Waals surface area contributed by atoms with Crippen LogP contribution in [0.3, 0.4) is 0 Å². The highest BCUT2D eigenvalue weighted by Crippen LogP contribution is 2.30. The van der Waals surface area contributed by atoms with E-state index in [2.05, 4.69) is 83.3 Å². The molecule has 8 heteroatoms. The van der Waals surface area contributed by atoms with Crippen molar-refractivity contribution < 1.29 is 9.53 Å². The van der Waals surface area contributed by atoms with Crippen LogP contribution in [0.4, 0.5) is 11.4 Å². The first kappa shape index (κ1) is 29.0. The lowest BCUT2D eigenvalue weighted by atomic mass is 10.1. The average molecular weight is 526 g/mol. The Kier molecular flexibility index (Phi) is 11.3. The summed E-state index contributed by atoms with van der Waals surface area (Å²) >= 11 is 1.74. The van der Waals surface area contributed by atoms with E-state index in [4.69, 9.17) is 4.74 Å². The molecule has 37 heavy (non-hydrogen) atoms. The van der Waals surface area contributed by atoms with E-state index in [0.29, 0.717) is 0 Å². The molecule has 1 aromatic heterocycles. The van der Waals surface area contributed by atoms with E-state index in [9.17, 15) is 4.79 Å². The van der Waals surface area contributed by atoms with Gasteiger partial charge in [0.1, 0.15) is 6.29 Å².